The Bertz CT molecular complexity index is 6.90. The van der Waals surface area contributed by atoms with E-state index >= 15 is 0 Å². The third-order valence-electron chi connectivity index (χ3n) is 0. The van der Waals surface area contributed by atoms with E-state index in [-0.39, 0.29) is 84.9 Å². The van der Waals surface area contributed by atoms with Gasteiger partial charge in [-0.15, -0.1) is 0 Å². The maximum absolute atomic E-state index is 0. The Morgan fingerprint density at radius 1 is 0.286 bits per heavy atom. The zero-order chi connectivity index (χ0) is 0. The molecule has 7 heavy (non-hydrogen) atoms. The Labute approximate surface area is 84.3 Å². The van der Waals surface area contributed by atoms with Crippen LogP contribution >= 0.6 is 0 Å². The minimum absolute atomic E-state index is 0. The zero-order valence-electron chi connectivity index (χ0n) is 2.79. The molecule has 0 fully saturated rings. The standard InChI is InChI=1S/3Ir.4N/q3*+4;4*-3. The summed E-state index contributed by atoms with van der Waals surface area (Å²) in [6, 6.07) is 0. The van der Waals surface area contributed by atoms with E-state index < -0.39 is 0 Å². The molecule has 0 rings (SSSR count). The maximum Gasteiger partial charge on any atom is 4.00 e. The van der Waals surface area contributed by atoms with Crippen LogP contribution in [0.3, 0.4) is 0 Å². The van der Waals surface area contributed by atoms with Gasteiger partial charge in [-0.25, -0.2) is 0 Å². The molecule has 0 unspecified atom stereocenters. The van der Waals surface area contributed by atoms with Crippen molar-refractivity contribution >= 4 is 0 Å². The molecule has 0 saturated carbocycles. The first-order chi connectivity index (χ1) is 0. The van der Waals surface area contributed by atoms with Crippen LogP contribution in [-0.4, -0.2) is 0 Å². The third-order valence-corrected chi connectivity index (χ3v) is 0. The van der Waals surface area contributed by atoms with Gasteiger partial charge in [0.05, 0.1) is 0 Å². The molecule has 0 saturated heterocycles. The smallest absolute Gasteiger partial charge is 3.00 e. The van der Waals surface area contributed by atoms with Crippen molar-refractivity contribution in [1.82, 2.24) is 0 Å². The third kappa shape index (κ3) is 81.6. The second-order valence-corrected chi connectivity index (χ2v) is 0. The van der Waals surface area contributed by atoms with Gasteiger partial charge in [0.25, 0.3) is 0 Å². The van der Waals surface area contributed by atoms with Gasteiger partial charge in [0.2, 0.25) is 0 Å². The predicted octanol–water partition coefficient (Wildman–Crippen LogP) is 1.15. The minimum Gasteiger partial charge on any atom is -3.00 e. The summed E-state index contributed by atoms with van der Waals surface area (Å²) in [5, 5.41) is 0. The maximum atomic E-state index is 0. The SMILES string of the molecule is [Ir+4].[Ir+4].[Ir+4].[N-3].[N-3].[N-3].[N-3]. The summed E-state index contributed by atoms with van der Waals surface area (Å²) in [5.74, 6) is 0. The summed E-state index contributed by atoms with van der Waals surface area (Å²) in [6.07, 6.45) is 0. The average molecular weight is 633 g/mol. The normalized spacial score (nSPS) is 0. The quantitative estimate of drug-likeness (QED) is 0.381. The van der Waals surface area contributed by atoms with Crippen molar-refractivity contribution in [3.05, 3.63) is 24.6 Å². The van der Waals surface area contributed by atoms with E-state index in [1.165, 1.54) is 0 Å². The van der Waals surface area contributed by atoms with Crippen molar-refractivity contribution in [3.8, 4) is 0 Å². The molecule has 0 amide bonds. The zero-order valence-corrected chi connectivity index (χ0v) is 9.97. The number of hydrogen-bond donors (Lipinski definition) is 0. The van der Waals surface area contributed by atoms with E-state index in [4.69, 9.17) is 0 Å². The topological polar surface area (TPSA) is 122 Å². The molecule has 7 heteroatoms. The number of hydrogen-bond acceptors (Lipinski definition) is 0. The molecular weight excluding hydrogens is 633 g/mol. The summed E-state index contributed by atoms with van der Waals surface area (Å²) in [4.78, 5) is 0. The van der Waals surface area contributed by atoms with E-state index in [1.54, 1.807) is 0 Å². The summed E-state index contributed by atoms with van der Waals surface area (Å²) in [5.41, 5.74) is 0. The van der Waals surface area contributed by atoms with Crippen LogP contribution in [0.1, 0.15) is 0 Å². The van der Waals surface area contributed by atoms with Crippen LogP contribution in [0.2, 0.25) is 0 Å². The van der Waals surface area contributed by atoms with Crippen LogP contribution in [-0.2, 0) is 60.3 Å². The molecule has 0 aliphatic rings. The van der Waals surface area contributed by atoms with Crippen LogP contribution in [0.4, 0.5) is 0 Å². The molecule has 3 radical (unpaired) electrons. The van der Waals surface area contributed by atoms with Gasteiger partial charge in [-0.2, -0.15) is 0 Å². The molecule has 0 heterocycles. The van der Waals surface area contributed by atoms with Gasteiger partial charge in [0.15, 0.2) is 0 Å². The first kappa shape index (κ1) is 167. The molecular formula is Ir3N4. The van der Waals surface area contributed by atoms with Crippen LogP contribution in [0.25, 0.3) is 24.6 Å². The number of nitrogens with zero attached hydrogens (tertiary/aromatic N) is 4. The number of rotatable bonds is 0. The van der Waals surface area contributed by atoms with E-state index in [9.17, 15) is 0 Å². The van der Waals surface area contributed by atoms with Crippen molar-refractivity contribution < 1.29 is 60.3 Å². The minimum atomic E-state index is 0. The molecule has 47 valence electrons. The molecule has 0 bridgehead atoms. The van der Waals surface area contributed by atoms with Crippen molar-refractivity contribution in [2.75, 3.05) is 0 Å². The van der Waals surface area contributed by atoms with Gasteiger partial charge in [-0.05, 0) is 0 Å². The fourth-order valence-corrected chi connectivity index (χ4v) is 0. The molecule has 0 aliphatic carbocycles. The molecule has 4 nitrogen and oxygen atoms in total. The summed E-state index contributed by atoms with van der Waals surface area (Å²) in [6.45, 7) is 0. The Morgan fingerprint density at radius 3 is 0.286 bits per heavy atom. The largest absolute Gasteiger partial charge is 4.00 e. The van der Waals surface area contributed by atoms with Crippen molar-refractivity contribution in [1.29, 1.82) is 0 Å². The second-order valence-electron chi connectivity index (χ2n) is 0. The summed E-state index contributed by atoms with van der Waals surface area (Å²) in [7, 11) is 0. The predicted molar refractivity (Wildman–Crippen MR) is 13.4 cm³/mol. The van der Waals surface area contributed by atoms with E-state index in [0.717, 1.165) is 0 Å². The Balaban J connectivity index is 0. The first-order valence-electron chi connectivity index (χ1n) is 0. The van der Waals surface area contributed by atoms with Gasteiger partial charge in [0.1, 0.15) is 0 Å². The van der Waals surface area contributed by atoms with Crippen LogP contribution in [0, 0.1) is 0 Å². The van der Waals surface area contributed by atoms with Gasteiger partial charge < -0.3 is 24.6 Å². The Hall–Kier alpha value is 1.79. The molecule has 0 N–H and O–H groups in total. The van der Waals surface area contributed by atoms with Crippen molar-refractivity contribution in [2.45, 2.75) is 0 Å². The van der Waals surface area contributed by atoms with Gasteiger partial charge in [-0.1, -0.05) is 0 Å². The molecule has 0 spiro atoms. The molecule has 0 aliphatic heterocycles. The fraction of sp³-hybridized carbons (Fsp3) is 0. The van der Waals surface area contributed by atoms with Crippen molar-refractivity contribution in [2.24, 2.45) is 0 Å². The van der Waals surface area contributed by atoms with E-state index in [0.29, 0.717) is 0 Å². The first-order valence-corrected chi connectivity index (χ1v) is 0. The van der Waals surface area contributed by atoms with Crippen molar-refractivity contribution in [3.63, 3.8) is 0 Å². The molecule has 0 aromatic rings. The van der Waals surface area contributed by atoms with Crippen LogP contribution in [0.15, 0.2) is 0 Å². The van der Waals surface area contributed by atoms with Gasteiger partial charge in [-0.3, -0.25) is 0 Å². The fourth-order valence-electron chi connectivity index (χ4n) is 0. The second kappa shape index (κ2) is 112. The van der Waals surface area contributed by atoms with Crippen LogP contribution in [0.5, 0.6) is 0 Å². The summed E-state index contributed by atoms with van der Waals surface area (Å²) >= 11 is 0. The Kier molecular flexibility index (Phi) is 2670. The van der Waals surface area contributed by atoms with E-state index in [2.05, 4.69) is 0 Å². The Morgan fingerprint density at radius 2 is 0.286 bits per heavy atom. The van der Waals surface area contributed by atoms with Gasteiger partial charge >= 0.3 is 60.3 Å². The van der Waals surface area contributed by atoms with E-state index in [1.807, 2.05) is 0 Å². The van der Waals surface area contributed by atoms with Crippen LogP contribution < -0.4 is 0 Å². The molecule has 0 atom stereocenters. The van der Waals surface area contributed by atoms with Gasteiger partial charge in [0, 0.05) is 0 Å². The molecule has 0 aromatic heterocycles. The monoisotopic (exact) mass is 635 g/mol. The molecule has 0 aromatic carbocycles. The summed E-state index contributed by atoms with van der Waals surface area (Å²) < 4.78 is 0. The average Bonchev–Trinajstić information content (AvgIpc) is 0.